The van der Waals surface area contributed by atoms with E-state index in [0.717, 1.165) is 50.6 Å². The summed E-state index contributed by atoms with van der Waals surface area (Å²) in [7, 11) is 0. The van der Waals surface area contributed by atoms with Gasteiger partial charge >= 0.3 is 5.97 Å². The third kappa shape index (κ3) is 5.37. The molecule has 33 heavy (non-hydrogen) atoms. The van der Waals surface area contributed by atoms with Crippen molar-refractivity contribution in [3.63, 3.8) is 0 Å². The highest BCUT2D eigenvalue weighted by Gasteiger charge is 2.37. The van der Waals surface area contributed by atoms with Crippen LogP contribution in [0.25, 0.3) is 10.8 Å². The molecular weight excluding hydrogens is 410 g/mol. The number of ether oxygens (including phenoxy) is 1. The van der Waals surface area contributed by atoms with Gasteiger partial charge in [0.1, 0.15) is 5.75 Å². The Labute approximate surface area is 198 Å². The molecule has 0 amide bonds. The van der Waals surface area contributed by atoms with E-state index >= 15 is 0 Å². The van der Waals surface area contributed by atoms with Crippen LogP contribution in [0.3, 0.4) is 0 Å². The molecule has 0 aromatic heterocycles. The van der Waals surface area contributed by atoms with Gasteiger partial charge in [-0.3, -0.25) is 9.69 Å². The standard InChI is InChI=1S/C29H39NO3/c1-2-20-7-11-27(12-8-20)33-28-13-10-23-14-21(6-9-24(23)16-28)17-30-18-26(19-30)22-4-3-5-25(15-22)29(31)32/h6,9-10,13-14,16,20,22,25-27H,2-5,7-8,11-12,15,17-19H2,1H3,(H,31,32). The second-order valence-corrected chi connectivity index (χ2v) is 10.9. The van der Waals surface area contributed by atoms with Crippen LogP contribution in [0.2, 0.25) is 0 Å². The molecule has 5 rings (SSSR count). The lowest BCUT2D eigenvalue weighted by molar-refractivity contribution is -0.144. The van der Waals surface area contributed by atoms with E-state index in [1.807, 2.05) is 0 Å². The maximum Gasteiger partial charge on any atom is 0.306 e. The van der Waals surface area contributed by atoms with Crippen LogP contribution in [0, 0.1) is 23.7 Å². The molecule has 3 fully saturated rings. The largest absolute Gasteiger partial charge is 0.490 e. The van der Waals surface area contributed by atoms with Crippen LogP contribution in [0.4, 0.5) is 0 Å². The normalized spacial score (nSPS) is 29.0. The van der Waals surface area contributed by atoms with Crippen LogP contribution in [0.1, 0.15) is 70.3 Å². The summed E-state index contributed by atoms with van der Waals surface area (Å²) >= 11 is 0. The molecule has 4 heteroatoms. The minimum Gasteiger partial charge on any atom is -0.490 e. The topological polar surface area (TPSA) is 49.8 Å². The molecule has 2 aromatic carbocycles. The van der Waals surface area contributed by atoms with Crippen LogP contribution >= 0.6 is 0 Å². The van der Waals surface area contributed by atoms with Gasteiger partial charge in [-0.15, -0.1) is 0 Å². The van der Waals surface area contributed by atoms with Crippen LogP contribution in [-0.2, 0) is 11.3 Å². The molecule has 178 valence electrons. The smallest absolute Gasteiger partial charge is 0.306 e. The van der Waals surface area contributed by atoms with E-state index in [-0.39, 0.29) is 5.92 Å². The zero-order chi connectivity index (χ0) is 22.8. The molecule has 0 radical (unpaired) electrons. The fourth-order valence-electron chi connectivity index (χ4n) is 6.47. The summed E-state index contributed by atoms with van der Waals surface area (Å²) in [4.78, 5) is 13.9. The van der Waals surface area contributed by atoms with Gasteiger partial charge in [-0.25, -0.2) is 0 Å². The van der Waals surface area contributed by atoms with Gasteiger partial charge in [0, 0.05) is 19.6 Å². The van der Waals surface area contributed by atoms with E-state index < -0.39 is 5.97 Å². The average Bonchev–Trinajstić information content (AvgIpc) is 2.81. The molecule has 4 nitrogen and oxygen atoms in total. The van der Waals surface area contributed by atoms with E-state index in [1.54, 1.807) is 0 Å². The van der Waals surface area contributed by atoms with Gasteiger partial charge in [-0.2, -0.15) is 0 Å². The minimum absolute atomic E-state index is 0.112. The summed E-state index contributed by atoms with van der Waals surface area (Å²) in [5.74, 6) is 2.48. The van der Waals surface area contributed by atoms with Gasteiger partial charge in [0.15, 0.2) is 0 Å². The zero-order valence-electron chi connectivity index (χ0n) is 20.0. The predicted molar refractivity (Wildman–Crippen MR) is 132 cm³/mol. The predicted octanol–water partition coefficient (Wildman–Crippen LogP) is 6.51. The monoisotopic (exact) mass is 449 g/mol. The van der Waals surface area contributed by atoms with Crippen LogP contribution in [-0.4, -0.2) is 35.2 Å². The maximum absolute atomic E-state index is 11.4. The summed E-state index contributed by atoms with van der Waals surface area (Å²) in [6.07, 6.45) is 10.7. The lowest BCUT2D eigenvalue weighted by Gasteiger charge is -2.45. The fraction of sp³-hybridized carbons (Fsp3) is 0.621. The van der Waals surface area contributed by atoms with Crippen LogP contribution in [0.5, 0.6) is 5.75 Å². The third-order valence-electron chi connectivity index (χ3n) is 8.67. The molecule has 0 bridgehead atoms. The Morgan fingerprint density at radius 3 is 2.48 bits per heavy atom. The van der Waals surface area contributed by atoms with Gasteiger partial charge < -0.3 is 9.84 Å². The molecule has 1 saturated heterocycles. The van der Waals surface area contributed by atoms with Crippen LogP contribution in [0.15, 0.2) is 36.4 Å². The van der Waals surface area contributed by atoms with Gasteiger partial charge in [0.25, 0.3) is 0 Å². The summed E-state index contributed by atoms with van der Waals surface area (Å²) in [6, 6.07) is 13.4. The Kier molecular flexibility index (Phi) is 6.91. The average molecular weight is 450 g/mol. The van der Waals surface area contributed by atoms with E-state index in [0.29, 0.717) is 17.9 Å². The molecule has 2 aromatic rings. The second-order valence-electron chi connectivity index (χ2n) is 10.9. The van der Waals surface area contributed by atoms with Gasteiger partial charge in [0.05, 0.1) is 12.0 Å². The quantitative estimate of drug-likeness (QED) is 0.523. The number of carbonyl (C=O) groups is 1. The molecule has 2 atom stereocenters. The molecule has 1 aliphatic heterocycles. The lowest BCUT2D eigenvalue weighted by Crippen LogP contribution is -2.50. The summed E-state index contributed by atoms with van der Waals surface area (Å²) in [5, 5.41) is 11.9. The lowest BCUT2D eigenvalue weighted by atomic mass is 9.72. The van der Waals surface area contributed by atoms with Crippen LogP contribution < -0.4 is 4.74 Å². The van der Waals surface area contributed by atoms with Crippen molar-refractivity contribution in [2.24, 2.45) is 23.7 Å². The number of likely N-dealkylation sites (tertiary alicyclic amines) is 1. The first-order valence-electron chi connectivity index (χ1n) is 13.2. The minimum atomic E-state index is -0.593. The molecule has 1 heterocycles. The van der Waals surface area contributed by atoms with Crippen molar-refractivity contribution in [3.05, 3.63) is 42.0 Å². The number of hydrogen-bond acceptors (Lipinski definition) is 3. The van der Waals surface area contributed by atoms with Crippen molar-refractivity contribution < 1.29 is 14.6 Å². The molecule has 1 N–H and O–H groups in total. The Morgan fingerprint density at radius 2 is 1.73 bits per heavy atom. The molecule has 2 aliphatic carbocycles. The first-order chi connectivity index (χ1) is 16.1. The second kappa shape index (κ2) is 10.0. The Balaban J connectivity index is 1.13. The highest BCUT2D eigenvalue weighted by molar-refractivity contribution is 5.84. The summed E-state index contributed by atoms with van der Waals surface area (Å²) in [5.41, 5.74) is 1.36. The molecule has 2 unspecified atom stereocenters. The molecule has 3 aliphatic rings. The van der Waals surface area contributed by atoms with Crippen molar-refractivity contribution in [3.8, 4) is 5.75 Å². The van der Waals surface area contributed by atoms with Gasteiger partial charge in [-0.05, 0) is 90.8 Å². The van der Waals surface area contributed by atoms with E-state index in [4.69, 9.17) is 4.74 Å². The number of carboxylic acids is 1. The molecule has 0 spiro atoms. The summed E-state index contributed by atoms with van der Waals surface area (Å²) in [6.45, 7) is 5.52. The maximum atomic E-state index is 11.4. The fourth-order valence-corrected chi connectivity index (χ4v) is 6.47. The first-order valence-corrected chi connectivity index (χ1v) is 13.2. The SMILES string of the molecule is CCC1CCC(Oc2ccc3cc(CN4CC(C5CCCC(C(=O)O)C5)C4)ccc3c2)CC1. The van der Waals surface area contributed by atoms with Crippen molar-refractivity contribution in [2.75, 3.05) is 13.1 Å². The first kappa shape index (κ1) is 22.7. The number of fused-ring (bicyclic) bond motifs is 1. The number of carboxylic acid groups (broad SMARTS) is 1. The zero-order valence-corrected chi connectivity index (χ0v) is 20.0. The number of aliphatic carboxylic acids is 1. The molecular formula is C29H39NO3. The number of rotatable bonds is 7. The summed E-state index contributed by atoms with van der Waals surface area (Å²) < 4.78 is 6.32. The van der Waals surface area contributed by atoms with Crippen molar-refractivity contribution in [1.82, 2.24) is 4.90 Å². The Hall–Kier alpha value is -2.07. The van der Waals surface area contributed by atoms with Crippen molar-refractivity contribution >= 4 is 16.7 Å². The highest BCUT2D eigenvalue weighted by atomic mass is 16.5. The van der Waals surface area contributed by atoms with E-state index in [9.17, 15) is 9.90 Å². The van der Waals surface area contributed by atoms with Crippen molar-refractivity contribution in [2.45, 2.75) is 77.4 Å². The Morgan fingerprint density at radius 1 is 0.970 bits per heavy atom. The van der Waals surface area contributed by atoms with Gasteiger partial charge in [-0.1, -0.05) is 44.4 Å². The Bertz CT molecular complexity index is 958. The van der Waals surface area contributed by atoms with E-state index in [1.165, 1.54) is 54.9 Å². The van der Waals surface area contributed by atoms with Gasteiger partial charge in [0.2, 0.25) is 0 Å². The third-order valence-corrected chi connectivity index (χ3v) is 8.67. The number of benzene rings is 2. The molecule has 2 saturated carbocycles. The number of hydrogen-bond donors (Lipinski definition) is 1. The van der Waals surface area contributed by atoms with Crippen molar-refractivity contribution in [1.29, 1.82) is 0 Å². The highest BCUT2D eigenvalue weighted by Crippen LogP contribution is 2.38. The van der Waals surface area contributed by atoms with E-state index in [2.05, 4.69) is 48.2 Å². The number of nitrogens with zero attached hydrogens (tertiary/aromatic N) is 1.